The maximum Gasteiger partial charge on any atom is 2.00 e. The topological polar surface area (TPSA) is 525 Å². The first-order valence-electron chi connectivity index (χ1n) is 13.1. The first kappa shape index (κ1) is 187. The molecular weight excluding hydrogens is 1870 g/mol. The maximum atomic E-state index is 6.79. The first-order chi connectivity index (χ1) is 17.7. The zero-order valence-electron chi connectivity index (χ0n) is 32.1. The van der Waals surface area contributed by atoms with Crippen molar-refractivity contribution in [3.8, 4) is 0 Å². The quantitative estimate of drug-likeness (QED) is 0.104. The van der Waals surface area contributed by atoms with E-state index in [-0.39, 0.29) is 224 Å². The Kier molecular flexibility index (Phi) is 849. The fourth-order valence-corrected chi connectivity index (χ4v) is 2.41. The summed E-state index contributed by atoms with van der Waals surface area (Å²) in [6.45, 7) is 4.43. The molecule has 28 N–H and O–H groups in total. The van der Waals surface area contributed by atoms with Gasteiger partial charge in [0.25, 0.3) is 0 Å². The zero-order chi connectivity index (χ0) is 29.0. The third-order valence-electron chi connectivity index (χ3n) is 4.41. The number of nitrogens with two attached hydrogens (primary N) is 10. The van der Waals surface area contributed by atoms with Gasteiger partial charge < -0.3 is 207 Å². The Balaban J connectivity index is -0.00000000729. The summed E-state index contributed by atoms with van der Waals surface area (Å²) in [5, 5.41) is 0. The normalized spacial score (nSPS) is 5.72. The molecule has 0 aliphatic rings. The molecule has 0 unspecified atom stereocenters. The molecule has 18 nitrogen and oxygen atoms in total. The molecule has 0 aromatic heterocycles. The molecule has 0 heterocycles. The van der Waals surface area contributed by atoms with Gasteiger partial charge in [-0.2, -0.15) is 52.4 Å². The van der Waals surface area contributed by atoms with Crippen LogP contribution in [0.2, 0.25) is 0 Å². The van der Waals surface area contributed by atoms with E-state index in [4.69, 9.17) is 45.9 Å². The van der Waals surface area contributed by atoms with Crippen LogP contribution in [0.25, 0.3) is 107 Å². The standard InChI is InChI=1S/4C6H14N2.10ClH.10H2N.5Pt/c4*7-5-3-1-2-4-6-8;;;;;;;;;;;;;;;;;;;;;;;;;/h4*7-8H,1-6H2;10*1H;10*1H2;;;;;/q4*-2;;;;;;;;;;;10*-1;5*+2/p-10. The van der Waals surface area contributed by atoms with E-state index in [1.807, 2.05) is 0 Å². The molecule has 0 amide bonds. The molecule has 0 rings (SSSR count). The van der Waals surface area contributed by atoms with Gasteiger partial charge in [-0.3, -0.25) is 0 Å². The van der Waals surface area contributed by atoms with E-state index in [0.717, 1.165) is 103 Å². The zero-order valence-corrected chi connectivity index (χ0v) is 51.0. The number of rotatable bonds is 20. The minimum Gasteiger partial charge on any atom is -0.693 e. The molecule has 0 radical (unpaired) electrons. The Hall–Kier alpha value is 5.62. The minimum atomic E-state index is 0. The summed E-state index contributed by atoms with van der Waals surface area (Å²) in [5.41, 5.74) is 54.3. The van der Waals surface area contributed by atoms with Crippen molar-refractivity contribution in [1.29, 1.82) is 0 Å². The Morgan fingerprint density at radius 2 is 0.246 bits per heavy atom. The second kappa shape index (κ2) is 258. The Labute approximate surface area is 475 Å². The average Bonchev–Trinajstić information content (AvgIpc) is 2.93. The fraction of sp³-hybridized carbons (Fsp3) is 1.00. The van der Waals surface area contributed by atoms with Crippen molar-refractivity contribution in [3.63, 3.8) is 0 Å². The Bertz CT molecular complexity index is 251. The molecule has 33 heteroatoms. The van der Waals surface area contributed by atoms with Crippen molar-refractivity contribution in [3.05, 3.63) is 107 Å². The van der Waals surface area contributed by atoms with Crippen LogP contribution in [0.1, 0.15) is 103 Å². The van der Waals surface area contributed by atoms with Crippen LogP contribution in [0.15, 0.2) is 0 Å². The molecule has 0 aromatic carbocycles. The SMILES string of the molecule is [Cl-].[Cl-].[Cl-].[Cl-].[Cl-].[Cl-].[Cl-].[Cl-].[Cl][Pt+].[Cl][Pt+].[NH-]CCCCCC[NH-].[NH-]CCCCCC[NH-].[NH-]CCCCCC[NH-].[NH-]CCCCCC[NH-].[NH2-].[NH2-].[NH2-].[NH2-].[NH2-].[NH2-].[NH2-].[NH2-].[NH2-].[NH2-].[Pt+2].[Pt+2].[Pt+2]. The summed E-state index contributed by atoms with van der Waals surface area (Å²) in [6.07, 6.45) is 17.2. The maximum absolute atomic E-state index is 6.79. The van der Waals surface area contributed by atoms with Gasteiger partial charge in [-0.05, 0) is 0 Å². The number of hydrogen-bond acceptors (Lipinski definition) is 0. The first-order valence-corrected chi connectivity index (χ1v) is 18.7. The molecular formula is C24H76Cl10N18Pt5-18. The molecule has 400 valence electrons. The molecule has 0 aromatic rings. The second-order valence-corrected chi connectivity index (χ2v) is 7.66. The van der Waals surface area contributed by atoms with Crippen LogP contribution >= 0.6 is 18.8 Å². The van der Waals surface area contributed by atoms with Crippen LogP contribution in [0.5, 0.6) is 0 Å². The van der Waals surface area contributed by atoms with E-state index < -0.39 is 0 Å². The largest absolute Gasteiger partial charge is 2.00 e. The van der Waals surface area contributed by atoms with Gasteiger partial charge in [0, 0.05) is 0 Å². The van der Waals surface area contributed by atoms with Crippen LogP contribution in [-0.2, 0) is 101 Å². The van der Waals surface area contributed by atoms with Crippen molar-refractivity contribution < 1.29 is 200 Å². The Morgan fingerprint density at radius 3 is 0.281 bits per heavy atom. The number of nitrogens with one attached hydrogen (secondary N) is 8. The second-order valence-electron chi connectivity index (χ2n) is 7.66. The molecule has 0 bridgehead atoms. The molecule has 0 aliphatic carbocycles. The summed E-state index contributed by atoms with van der Waals surface area (Å²) in [5.74, 6) is 0. The third kappa shape index (κ3) is 334. The number of unbranched alkanes of at least 4 members (excludes halogenated alkanes) is 12. The van der Waals surface area contributed by atoms with Gasteiger partial charge in [-0.1, -0.05) is 103 Å². The molecule has 0 aliphatic heterocycles. The summed E-state index contributed by atoms with van der Waals surface area (Å²) >= 11 is 3.22. The van der Waals surface area contributed by atoms with Gasteiger partial charge in [0.1, 0.15) is 0 Å². The molecule has 0 atom stereocenters. The summed E-state index contributed by atoms with van der Waals surface area (Å²) in [7, 11) is 9.22. The van der Waals surface area contributed by atoms with Crippen LogP contribution in [-0.4, -0.2) is 52.4 Å². The van der Waals surface area contributed by atoms with Crippen molar-refractivity contribution >= 4 is 18.8 Å². The number of hydrogen-bond donors (Lipinski definition) is 0. The van der Waals surface area contributed by atoms with Gasteiger partial charge >= 0.3 is 120 Å². The van der Waals surface area contributed by atoms with E-state index in [9.17, 15) is 0 Å². The average molecular weight is 1950 g/mol. The van der Waals surface area contributed by atoms with Crippen LogP contribution in [0.3, 0.4) is 0 Å². The van der Waals surface area contributed by atoms with Crippen molar-refractivity contribution in [2.24, 2.45) is 0 Å². The minimum absolute atomic E-state index is 0. The van der Waals surface area contributed by atoms with Crippen LogP contribution < -0.4 is 99.3 Å². The predicted octanol–water partition coefficient (Wildman–Crippen LogP) is -4.83. The molecule has 0 spiro atoms. The smallest absolute Gasteiger partial charge is 0.693 e. The van der Waals surface area contributed by atoms with E-state index in [2.05, 4.69) is 18.8 Å². The predicted molar refractivity (Wildman–Crippen MR) is 212 cm³/mol. The van der Waals surface area contributed by atoms with Gasteiger partial charge in [0.2, 0.25) is 0 Å². The molecule has 0 saturated carbocycles. The van der Waals surface area contributed by atoms with Crippen LogP contribution in [0.4, 0.5) is 0 Å². The molecule has 0 saturated heterocycles. The Morgan fingerprint density at radius 1 is 0.193 bits per heavy atom. The van der Waals surface area contributed by atoms with Gasteiger partial charge in [0.05, 0.1) is 0 Å². The molecule has 0 fully saturated rings. The van der Waals surface area contributed by atoms with Gasteiger partial charge in [0.15, 0.2) is 0 Å². The van der Waals surface area contributed by atoms with Crippen LogP contribution in [0, 0.1) is 0 Å². The van der Waals surface area contributed by atoms with E-state index in [1.54, 1.807) is 37.5 Å². The summed E-state index contributed by atoms with van der Waals surface area (Å²) < 4.78 is 0. The van der Waals surface area contributed by atoms with E-state index in [0.29, 0.717) is 52.4 Å². The van der Waals surface area contributed by atoms with E-state index >= 15 is 0 Å². The third-order valence-corrected chi connectivity index (χ3v) is 4.41. The van der Waals surface area contributed by atoms with Crippen molar-refractivity contribution in [1.82, 2.24) is 0 Å². The van der Waals surface area contributed by atoms with Gasteiger partial charge in [-0.25, -0.2) is 0 Å². The summed E-state index contributed by atoms with van der Waals surface area (Å²) in [4.78, 5) is 0. The fourth-order valence-electron chi connectivity index (χ4n) is 2.41. The van der Waals surface area contributed by atoms with Crippen molar-refractivity contribution in [2.75, 3.05) is 52.4 Å². The van der Waals surface area contributed by atoms with E-state index in [1.165, 1.54) is 0 Å². The summed E-state index contributed by atoms with van der Waals surface area (Å²) in [6, 6.07) is 0. The van der Waals surface area contributed by atoms with Gasteiger partial charge in [-0.15, -0.1) is 0 Å². The number of halogens is 10. The molecule has 57 heavy (non-hydrogen) atoms. The monoisotopic (exact) mass is 1940 g/mol. The van der Waals surface area contributed by atoms with Crippen molar-refractivity contribution in [2.45, 2.75) is 103 Å².